The van der Waals surface area contributed by atoms with Crippen LogP contribution in [0.25, 0.3) is 0 Å². The van der Waals surface area contributed by atoms with Gasteiger partial charge in [-0.15, -0.1) is 0 Å². The van der Waals surface area contributed by atoms with Crippen LogP contribution < -0.4 is 15.8 Å². The van der Waals surface area contributed by atoms with Crippen LogP contribution in [0.4, 0.5) is 0 Å². The maximum atomic E-state index is 12.5. The van der Waals surface area contributed by atoms with E-state index in [9.17, 15) is 4.79 Å². The average molecular weight is 291 g/mol. The van der Waals surface area contributed by atoms with Crippen molar-refractivity contribution in [1.82, 2.24) is 10.2 Å². The molecule has 1 amide bonds. The molecular weight excluding hydrogens is 266 g/mol. The molecule has 1 heterocycles. The maximum Gasteiger partial charge on any atom is 0.254 e. The van der Waals surface area contributed by atoms with Crippen molar-refractivity contribution in [3.05, 3.63) is 29.8 Å². The molecule has 0 saturated carbocycles. The van der Waals surface area contributed by atoms with Crippen LogP contribution >= 0.6 is 0 Å². The largest absolute Gasteiger partial charge is 0.494 e. The highest BCUT2D eigenvalue weighted by molar-refractivity contribution is 5.94. The van der Waals surface area contributed by atoms with Gasteiger partial charge in [0.05, 0.1) is 12.6 Å². The summed E-state index contributed by atoms with van der Waals surface area (Å²) in [6, 6.07) is 7.47. The first-order chi connectivity index (χ1) is 10.3. The smallest absolute Gasteiger partial charge is 0.254 e. The van der Waals surface area contributed by atoms with Crippen LogP contribution in [0.3, 0.4) is 0 Å². The number of unbranched alkanes of at least 4 members (excludes halogenated alkanes) is 1. The second-order valence-corrected chi connectivity index (χ2v) is 5.32. The van der Waals surface area contributed by atoms with Gasteiger partial charge in [0, 0.05) is 31.7 Å². The summed E-state index contributed by atoms with van der Waals surface area (Å²) in [4.78, 5) is 14.4. The van der Waals surface area contributed by atoms with Crippen molar-refractivity contribution in [1.29, 1.82) is 0 Å². The van der Waals surface area contributed by atoms with Gasteiger partial charge >= 0.3 is 0 Å². The van der Waals surface area contributed by atoms with Gasteiger partial charge in [0.25, 0.3) is 5.91 Å². The van der Waals surface area contributed by atoms with Crippen molar-refractivity contribution in [3.63, 3.8) is 0 Å². The van der Waals surface area contributed by atoms with Crippen LogP contribution in [-0.4, -0.2) is 49.6 Å². The Morgan fingerprint density at radius 2 is 2.19 bits per heavy atom. The highest BCUT2D eigenvalue weighted by Gasteiger charge is 2.26. The summed E-state index contributed by atoms with van der Waals surface area (Å²) in [6.45, 7) is 5.62. The van der Waals surface area contributed by atoms with Crippen molar-refractivity contribution in [2.75, 3.05) is 32.8 Å². The average Bonchev–Trinajstić information content (AvgIpc) is 2.55. The van der Waals surface area contributed by atoms with E-state index in [2.05, 4.69) is 12.2 Å². The summed E-state index contributed by atoms with van der Waals surface area (Å²) in [7, 11) is 0. The van der Waals surface area contributed by atoms with Gasteiger partial charge in [0.1, 0.15) is 5.75 Å². The number of nitrogens with one attached hydrogen (secondary N) is 1. The molecule has 5 nitrogen and oxygen atoms in total. The lowest BCUT2D eigenvalue weighted by Crippen LogP contribution is -2.56. The minimum Gasteiger partial charge on any atom is -0.494 e. The van der Waals surface area contributed by atoms with Crippen molar-refractivity contribution in [2.45, 2.75) is 25.8 Å². The van der Waals surface area contributed by atoms with E-state index < -0.39 is 0 Å². The number of hydrogen-bond acceptors (Lipinski definition) is 4. The summed E-state index contributed by atoms with van der Waals surface area (Å²) in [6.07, 6.45) is 2.15. The molecular formula is C16H25N3O2. The number of carbonyl (C=O) groups is 1. The zero-order valence-corrected chi connectivity index (χ0v) is 12.7. The molecule has 1 atom stereocenters. The van der Waals surface area contributed by atoms with E-state index in [4.69, 9.17) is 10.5 Å². The summed E-state index contributed by atoms with van der Waals surface area (Å²) in [5.74, 6) is 0.864. The summed E-state index contributed by atoms with van der Waals surface area (Å²) in [5.41, 5.74) is 6.44. The third kappa shape index (κ3) is 4.19. The lowest BCUT2D eigenvalue weighted by Gasteiger charge is -2.35. The van der Waals surface area contributed by atoms with E-state index in [-0.39, 0.29) is 11.9 Å². The molecule has 1 unspecified atom stereocenters. The van der Waals surface area contributed by atoms with Crippen molar-refractivity contribution in [2.24, 2.45) is 5.73 Å². The van der Waals surface area contributed by atoms with Crippen LogP contribution in [0.1, 0.15) is 30.1 Å². The van der Waals surface area contributed by atoms with Crippen molar-refractivity contribution in [3.8, 4) is 5.75 Å². The predicted octanol–water partition coefficient (Wildman–Crippen LogP) is 1.24. The molecule has 2 rings (SSSR count). The van der Waals surface area contributed by atoms with Gasteiger partial charge in [0.2, 0.25) is 0 Å². The van der Waals surface area contributed by atoms with Crippen molar-refractivity contribution >= 4 is 5.91 Å². The molecule has 1 aromatic carbocycles. The van der Waals surface area contributed by atoms with Gasteiger partial charge in [-0.2, -0.15) is 0 Å². The van der Waals surface area contributed by atoms with E-state index >= 15 is 0 Å². The Kier molecular flexibility index (Phi) is 6.02. The first kappa shape index (κ1) is 15.8. The molecule has 0 spiro atoms. The SMILES string of the molecule is CCCCOc1ccc(C(=O)N2CCNCC2CN)cc1. The molecule has 3 N–H and O–H groups in total. The number of nitrogens with zero attached hydrogens (tertiary/aromatic N) is 1. The van der Waals surface area contributed by atoms with Gasteiger partial charge in [-0.05, 0) is 30.7 Å². The Bertz CT molecular complexity index is 447. The van der Waals surface area contributed by atoms with Gasteiger partial charge in [0.15, 0.2) is 0 Å². The Morgan fingerprint density at radius 3 is 2.86 bits per heavy atom. The minimum absolute atomic E-state index is 0.0482. The maximum absolute atomic E-state index is 12.5. The van der Waals surface area contributed by atoms with E-state index in [1.54, 1.807) is 0 Å². The summed E-state index contributed by atoms with van der Waals surface area (Å²) in [5, 5.41) is 3.27. The zero-order valence-electron chi connectivity index (χ0n) is 12.7. The normalized spacial score (nSPS) is 18.6. The Hall–Kier alpha value is -1.59. The first-order valence-electron chi connectivity index (χ1n) is 7.71. The quantitative estimate of drug-likeness (QED) is 0.774. The molecule has 1 aliphatic heterocycles. The third-order valence-corrected chi connectivity index (χ3v) is 3.75. The Morgan fingerprint density at radius 1 is 1.43 bits per heavy atom. The van der Waals surface area contributed by atoms with Gasteiger partial charge in [-0.1, -0.05) is 13.3 Å². The number of benzene rings is 1. The van der Waals surface area contributed by atoms with Crippen LogP contribution in [0.15, 0.2) is 24.3 Å². The van der Waals surface area contributed by atoms with Gasteiger partial charge < -0.3 is 20.7 Å². The molecule has 116 valence electrons. The number of carbonyl (C=O) groups excluding carboxylic acids is 1. The molecule has 1 aliphatic rings. The highest BCUT2D eigenvalue weighted by Crippen LogP contribution is 2.16. The van der Waals surface area contributed by atoms with E-state index in [1.807, 2.05) is 29.2 Å². The second-order valence-electron chi connectivity index (χ2n) is 5.32. The minimum atomic E-state index is 0.0482. The topological polar surface area (TPSA) is 67.6 Å². The Labute approximate surface area is 126 Å². The van der Waals surface area contributed by atoms with Crippen LogP contribution in [0.2, 0.25) is 0 Å². The van der Waals surface area contributed by atoms with E-state index in [0.717, 1.165) is 38.3 Å². The number of amides is 1. The molecule has 0 bridgehead atoms. The standard InChI is InChI=1S/C16H25N3O2/c1-2-3-10-21-15-6-4-13(5-7-15)16(20)19-9-8-18-12-14(19)11-17/h4-7,14,18H,2-3,8-12,17H2,1H3. The van der Waals surface area contributed by atoms with Crippen molar-refractivity contribution < 1.29 is 9.53 Å². The first-order valence-corrected chi connectivity index (χ1v) is 7.71. The lowest BCUT2D eigenvalue weighted by atomic mass is 10.1. The molecule has 21 heavy (non-hydrogen) atoms. The van der Waals surface area contributed by atoms with Crippen LogP contribution in [0, 0.1) is 0 Å². The van der Waals surface area contributed by atoms with E-state index in [0.29, 0.717) is 18.7 Å². The lowest BCUT2D eigenvalue weighted by molar-refractivity contribution is 0.0644. The van der Waals surface area contributed by atoms with E-state index in [1.165, 1.54) is 0 Å². The highest BCUT2D eigenvalue weighted by atomic mass is 16.5. The second kappa shape index (κ2) is 8.00. The summed E-state index contributed by atoms with van der Waals surface area (Å²) < 4.78 is 5.61. The molecule has 1 saturated heterocycles. The molecule has 0 radical (unpaired) electrons. The fourth-order valence-electron chi connectivity index (χ4n) is 2.43. The van der Waals surface area contributed by atoms with Crippen LogP contribution in [0.5, 0.6) is 5.75 Å². The summed E-state index contributed by atoms with van der Waals surface area (Å²) >= 11 is 0. The predicted molar refractivity (Wildman–Crippen MR) is 83.6 cm³/mol. The number of nitrogens with two attached hydrogens (primary N) is 1. The number of piperazine rings is 1. The monoisotopic (exact) mass is 291 g/mol. The molecule has 1 aromatic rings. The number of rotatable bonds is 6. The fraction of sp³-hybridized carbons (Fsp3) is 0.562. The van der Waals surface area contributed by atoms with Gasteiger partial charge in [-0.25, -0.2) is 0 Å². The molecule has 0 aliphatic carbocycles. The van der Waals surface area contributed by atoms with Crippen LogP contribution in [-0.2, 0) is 0 Å². The number of ether oxygens (including phenoxy) is 1. The zero-order chi connectivity index (χ0) is 15.1. The molecule has 5 heteroatoms. The molecule has 1 fully saturated rings. The molecule has 0 aromatic heterocycles. The Balaban J connectivity index is 1.98. The fourth-order valence-corrected chi connectivity index (χ4v) is 2.43. The van der Waals surface area contributed by atoms with Gasteiger partial charge in [-0.3, -0.25) is 4.79 Å². The number of hydrogen-bond donors (Lipinski definition) is 2. The third-order valence-electron chi connectivity index (χ3n) is 3.75.